The molecule has 0 saturated heterocycles. The first-order valence-corrected chi connectivity index (χ1v) is 7.19. The zero-order valence-electron chi connectivity index (χ0n) is 12.3. The number of carbonyl (C=O) groups is 1. The minimum atomic E-state index is -0.215. The van der Waals surface area contributed by atoms with Gasteiger partial charge < -0.3 is 4.74 Å². The van der Waals surface area contributed by atoms with Crippen molar-refractivity contribution >= 4 is 5.97 Å². The van der Waals surface area contributed by atoms with E-state index in [1.165, 1.54) is 0 Å². The number of rotatable bonds is 9. The van der Waals surface area contributed by atoms with Crippen LogP contribution >= 0.6 is 0 Å². The monoisotopic (exact) mass is 242 g/mol. The third kappa shape index (κ3) is 5.56. The van der Waals surface area contributed by atoms with Gasteiger partial charge in [0.05, 0.1) is 12.0 Å². The van der Waals surface area contributed by atoms with E-state index in [0.717, 1.165) is 38.5 Å². The summed E-state index contributed by atoms with van der Waals surface area (Å²) in [5.74, 6) is 0.457. The van der Waals surface area contributed by atoms with Crippen molar-refractivity contribution in [3.8, 4) is 0 Å². The van der Waals surface area contributed by atoms with Gasteiger partial charge in [-0.25, -0.2) is 0 Å². The zero-order valence-corrected chi connectivity index (χ0v) is 12.3. The van der Waals surface area contributed by atoms with E-state index >= 15 is 0 Å². The first kappa shape index (κ1) is 16.5. The molecule has 17 heavy (non-hydrogen) atoms. The van der Waals surface area contributed by atoms with Crippen LogP contribution in [0.2, 0.25) is 0 Å². The first-order chi connectivity index (χ1) is 8.02. The fraction of sp³-hybridized carbons (Fsp3) is 0.933. The van der Waals surface area contributed by atoms with Crippen LogP contribution in [-0.2, 0) is 9.53 Å². The van der Waals surface area contributed by atoms with Crippen LogP contribution in [0, 0.1) is 11.3 Å². The molecular weight excluding hydrogens is 212 g/mol. The van der Waals surface area contributed by atoms with E-state index in [2.05, 4.69) is 34.6 Å². The lowest BCUT2D eigenvalue weighted by atomic mass is 9.75. The molecule has 102 valence electrons. The Kier molecular flexibility index (Phi) is 8.28. The summed E-state index contributed by atoms with van der Waals surface area (Å²) in [5, 5.41) is 0. The van der Waals surface area contributed by atoms with Crippen LogP contribution in [0.1, 0.15) is 73.1 Å². The summed E-state index contributed by atoms with van der Waals surface area (Å²) in [5.41, 5.74) is -0.215. The van der Waals surface area contributed by atoms with Gasteiger partial charge in [-0.2, -0.15) is 0 Å². The van der Waals surface area contributed by atoms with Crippen molar-refractivity contribution in [3.63, 3.8) is 0 Å². The van der Waals surface area contributed by atoms with Gasteiger partial charge in [0.25, 0.3) is 0 Å². The van der Waals surface area contributed by atoms with Gasteiger partial charge >= 0.3 is 5.97 Å². The van der Waals surface area contributed by atoms with Crippen molar-refractivity contribution in [3.05, 3.63) is 0 Å². The van der Waals surface area contributed by atoms with Crippen LogP contribution in [0.15, 0.2) is 0 Å². The van der Waals surface area contributed by atoms with E-state index in [4.69, 9.17) is 4.74 Å². The Morgan fingerprint density at radius 3 is 1.71 bits per heavy atom. The lowest BCUT2D eigenvalue weighted by Gasteiger charge is -2.31. The van der Waals surface area contributed by atoms with Gasteiger partial charge in [0.2, 0.25) is 0 Å². The van der Waals surface area contributed by atoms with E-state index in [9.17, 15) is 4.79 Å². The fourth-order valence-corrected chi connectivity index (χ4v) is 2.51. The molecule has 0 aliphatic heterocycles. The quantitative estimate of drug-likeness (QED) is 0.553. The SMILES string of the molecule is CCCC(CCC)(CCC)C(=O)OCC(C)C. The molecular formula is C15H30O2. The molecule has 0 aromatic carbocycles. The normalized spacial score (nSPS) is 11.9. The Balaban J connectivity index is 4.65. The number of ether oxygens (including phenoxy) is 1. The Bertz CT molecular complexity index is 192. The molecule has 0 fully saturated rings. The maximum absolute atomic E-state index is 12.3. The predicted octanol–water partition coefficient (Wildman–Crippen LogP) is 4.57. The number of esters is 1. The minimum absolute atomic E-state index is 0.0387. The molecule has 2 heteroatoms. The maximum Gasteiger partial charge on any atom is 0.312 e. The summed E-state index contributed by atoms with van der Waals surface area (Å²) in [4.78, 5) is 12.3. The van der Waals surface area contributed by atoms with Gasteiger partial charge in [0.1, 0.15) is 0 Å². The number of hydrogen-bond donors (Lipinski definition) is 0. The molecule has 0 amide bonds. The Morgan fingerprint density at radius 1 is 1.00 bits per heavy atom. The largest absolute Gasteiger partial charge is 0.465 e. The van der Waals surface area contributed by atoms with Crippen molar-refractivity contribution in [2.75, 3.05) is 6.61 Å². The lowest BCUT2D eigenvalue weighted by Crippen LogP contribution is -2.33. The van der Waals surface area contributed by atoms with Gasteiger partial charge in [-0.15, -0.1) is 0 Å². The summed E-state index contributed by atoms with van der Waals surface area (Å²) >= 11 is 0. The minimum Gasteiger partial charge on any atom is -0.465 e. The molecule has 0 radical (unpaired) electrons. The van der Waals surface area contributed by atoms with Gasteiger partial charge in [-0.1, -0.05) is 53.9 Å². The van der Waals surface area contributed by atoms with Crippen LogP contribution in [-0.4, -0.2) is 12.6 Å². The van der Waals surface area contributed by atoms with Crippen LogP contribution in [0.25, 0.3) is 0 Å². The highest BCUT2D eigenvalue weighted by molar-refractivity contribution is 5.76. The predicted molar refractivity (Wildman–Crippen MR) is 73.0 cm³/mol. The van der Waals surface area contributed by atoms with Crippen LogP contribution < -0.4 is 0 Å². The zero-order chi connectivity index (χ0) is 13.3. The lowest BCUT2D eigenvalue weighted by molar-refractivity contribution is -0.159. The molecule has 0 heterocycles. The standard InChI is InChI=1S/C15H30O2/c1-6-9-15(10-7-2,11-8-3)14(16)17-12-13(4)5/h13H,6-12H2,1-5H3. The summed E-state index contributed by atoms with van der Waals surface area (Å²) in [6, 6.07) is 0. The molecule has 0 saturated carbocycles. The molecule has 0 rings (SSSR count). The van der Waals surface area contributed by atoms with Crippen molar-refractivity contribution in [1.82, 2.24) is 0 Å². The van der Waals surface area contributed by atoms with Crippen molar-refractivity contribution in [2.45, 2.75) is 73.1 Å². The van der Waals surface area contributed by atoms with Gasteiger partial charge in [-0.05, 0) is 25.2 Å². The summed E-state index contributed by atoms with van der Waals surface area (Å²) < 4.78 is 5.49. The number of hydrogen-bond acceptors (Lipinski definition) is 2. The topological polar surface area (TPSA) is 26.3 Å². The average molecular weight is 242 g/mol. The highest BCUT2D eigenvalue weighted by atomic mass is 16.5. The third-order valence-electron chi connectivity index (χ3n) is 3.17. The summed E-state index contributed by atoms with van der Waals surface area (Å²) in [6.07, 6.45) is 6.05. The van der Waals surface area contributed by atoms with E-state index in [-0.39, 0.29) is 11.4 Å². The molecule has 0 N–H and O–H groups in total. The summed E-state index contributed by atoms with van der Waals surface area (Å²) in [6.45, 7) is 11.2. The Hall–Kier alpha value is -0.530. The molecule has 0 aliphatic rings. The van der Waals surface area contributed by atoms with E-state index in [1.54, 1.807) is 0 Å². The Labute approximate surface area is 107 Å². The molecule has 2 nitrogen and oxygen atoms in total. The van der Waals surface area contributed by atoms with Crippen molar-refractivity contribution in [2.24, 2.45) is 11.3 Å². The number of carbonyl (C=O) groups excluding carboxylic acids is 1. The van der Waals surface area contributed by atoms with Gasteiger partial charge in [0, 0.05) is 0 Å². The molecule has 0 spiro atoms. The second kappa shape index (κ2) is 8.54. The highest BCUT2D eigenvalue weighted by Gasteiger charge is 2.37. The average Bonchev–Trinajstić information content (AvgIpc) is 2.26. The molecule has 0 aromatic rings. The molecule has 0 atom stereocenters. The summed E-state index contributed by atoms with van der Waals surface area (Å²) in [7, 11) is 0. The first-order valence-electron chi connectivity index (χ1n) is 7.19. The molecule has 0 bridgehead atoms. The molecule has 0 unspecified atom stereocenters. The molecule has 0 aliphatic carbocycles. The smallest absolute Gasteiger partial charge is 0.312 e. The van der Waals surface area contributed by atoms with Gasteiger partial charge in [0.15, 0.2) is 0 Å². The van der Waals surface area contributed by atoms with Crippen LogP contribution in [0.5, 0.6) is 0 Å². The van der Waals surface area contributed by atoms with E-state index in [0.29, 0.717) is 12.5 Å². The fourth-order valence-electron chi connectivity index (χ4n) is 2.51. The second-order valence-electron chi connectivity index (χ2n) is 5.52. The van der Waals surface area contributed by atoms with Crippen LogP contribution in [0.4, 0.5) is 0 Å². The maximum atomic E-state index is 12.3. The van der Waals surface area contributed by atoms with Crippen molar-refractivity contribution < 1.29 is 9.53 Å². The Morgan fingerprint density at radius 2 is 1.41 bits per heavy atom. The van der Waals surface area contributed by atoms with Crippen molar-refractivity contribution in [1.29, 1.82) is 0 Å². The second-order valence-corrected chi connectivity index (χ2v) is 5.52. The van der Waals surface area contributed by atoms with Crippen LogP contribution in [0.3, 0.4) is 0 Å². The molecule has 0 aromatic heterocycles. The van der Waals surface area contributed by atoms with Gasteiger partial charge in [-0.3, -0.25) is 4.79 Å². The third-order valence-corrected chi connectivity index (χ3v) is 3.17. The van der Waals surface area contributed by atoms with E-state index < -0.39 is 0 Å². The van der Waals surface area contributed by atoms with E-state index in [1.807, 2.05) is 0 Å². The highest BCUT2D eigenvalue weighted by Crippen LogP contribution is 2.36.